The lowest BCUT2D eigenvalue weighted by Crippen LogP contribution is -2.13. The Kier molecular flexibility index (Phi) is 4.35. The highest BCUT2D eigenvalue weighted by molar-refractivity contribution is 7.09. The minimum absolute atomic E-state index is 0.0561. The SMILES string of the molecule is Cc1ccc(NC(=O)c2cc(C)n(Cc3cccs3)c2C)cc1. The van der Waals surface area contributed by atoms with Crippen LogP contribution in [-0.2, 0) is 6.54 Å². The molecule has 0 aliphatic rings. The molecule has 4 heteroatoms. The molecule has 0 aliphatic carbocycles. The summed E-state index contributed by atoms with van der Waals surface area (Å²) < 4.78 is 2.19. The van der Waals surface area contributed by atoms with Gasteiger partial charge in [0, 0.05) is 22.0 Å². The highest BCUT2D eigenvalue weighted by atomic mass is 32.1. The zero-order valence-corrected chi connectivity index (χ0v) is 14.4. The first-order valence-electron chi connectivity index (χ1n) is 7.62. The number of nitrogens with zero attached hydrogens (tertiary/aromatic N) is 1. The Morgan fingerprint density at radius 1 is 1.13 bits per heavy atom. The Bertz CT molecular complexity index is 814. The van der Waals surface area contributed by atoms with Crippen LogP contribution in [0.5, 0.6) is 0 Å². The molecule has 3 nitrogen and oxygen atoms in total. The van der Waals surface area contributed by atoms with Gasteiger partial charge in [-0.25, -0.2) is 0 Å². The molecule has 118 valence electrons. The van der Waals surface area contributed by atoms with E-state index in [-0.39, 0.29) is 5.91 Å². The van der Waals surface area contributed by atoms with Crippen molar-refractivity contribution in [2.75, 3.05) is 5.32 Å². The number of aromatic nitrogens is 1. The molecular weight excluding hydrogens is 304 g/mol. The van der Waals surface area contributed by atoms with E-state index in [0.29, 0.717) is 0 Å². The zero-order chi connectivity index (χ0) is 16.4. The normalized spacial score (nSPS) is 10.7. The third kappa shape index (κ3) is 3.37. The van der Waals surface area contributed by atoms with Gasteiger partial charge in [0.25, 0.3) is 5.91 Å². The molecule has 1 amide bonds. The molecule has 0 fully saturated rings. The maximum absolute atomic E-state index is 12.6. The molecule has 0 bridgehead atoms. The van der Waals surface area contributed by atoms with Crippen LogP contribution in [-0.4, -0.2) is 10.5 Å². The van der Waals surface area contributed by atoms with E-state index in [1.807, 2.05) is 51.1 Å². The summed E-state index contributed by atoms with van der Waals surface area (Å²) in [5.41, 5.74) is 4.84. The number of carbonyl (C=O) groups is 1. The topological polar surface area (TPSA) is 34.0 Å². The van der Waals surface area contributed by atoms with Gasteiger partial charge < -0.3 is 9.88 Å². The van der Waals surface area contributed by atoms with Crippen molar-refractivity contribution in [2.45, 2.75) is 27.3 Å². The fourth-order valence-corrected chi connectivity index (χ4v) is 3.36. The predicted octanol–water partition coefficient (Wildman–Crippen LogP) is 4.78. The average Bonchev–Trinajstić information content (AvgIpc) is 3.13. The molecular formula is C19H20N2OS. The van der Waals surface area contributed by atoms with Crippen molar-refractivity contribution in [1.82, 2.24) is 4.57 Å². The lowest BCUT2D eigenvalue weighted by atomic mass is 10.2. The molecule has 0 unspecified atom stereocenters. The maximum Gasteiger partial charge on any atom is 0.257 e. The molecule has 1 aromatic carbocycles. The van der Waals surface area contributed by atoms with Crippen LogP contribution < -0.4 is 5.32 Å². The number of rotatable bonds is 4. The highest BCUT2D eigenvalue weighted by Crippen LogP contribution is 2.20. The van der Waals surface area contributed by atoms with Gasteiger partial charge in [-0.05, 0) is 50.4 Å². The van der Waals surface area contributed by atoms with Gasteiger partial charge in [-0.2, -0.15) is 0 Å². The van der Waals surface area contributed by atoms with Crippen molar-refractivity contribution in [3.63, 3.8) is 0 Å². The van der Waals surface area contributed by atoms with Gasteiger partial charge in [0.2, 0.25) is 0 Å². The van der Waals surface area contributed by atoms with Crippen molar-refractivity contribution >= 4 is 22.9 Å². The van der Waals surface area contributed by atoms with Gasteiger partial charge in [0.15, 0.2) is 0 Å². The van der Waals surface area contributed by atoms with Gasteiger partial charge >= 0.3 is 0 Å². The van der Waals surface area contributed by atoms with Crippen LogP contribution in [0.2, 0.25) is 0 Å². The Labute approximate surface area is 140 Å². The predicted molar refractivity (Wildman–Crippen MR) is 96.5 cm³/mol. The summed E-state index contributed by atoms with van der Waals surface area (Å²) in [5, 5.41) is 5.05. The molecule has 0 spiro atoms. The second kappa shape index (κ2) is 6.42. The van der Waals surface area contributed by atoms with E-state index < -0.39 is 0 Å². The van der Waals surface area contributed by atoms with E-state index in [2.05, 4.69) is 27.4 Å². The molecule has 2 aromatic heterocycles. The number of carbonyl (C=O) groups excluding carboxylic acids is 1. The molecule has 23 heavy (non-hydrogen) atoms. The van der Waals surface area contributed by atoms with Crippen molar-refractivity contribution in [3.05, 3.63) is 75.2 Å². The van der Waals surface area contributed by atoms with Crippen LogP contribution >= 0.6 is 11.3 Å². The van der Waals surface area contributed by atoms with Gasteiger partial charge in [-0.3, -0.25) is 4.79 Å². The van der Waals surface area contributed by atoms with Crippen LogP contribution in [0.25, 0.3) is 0 Å². The number of amides is 1. The summed E-state index contributed by atoms with van der Waals surface area (Å²) in [4.78, 5) is 13.9. The third-order valence-corrected chi connectivity index (χ3v) is 4.88. The molecule has 0 aliphatic heterocycles. The first-order chi connectivity index (χ1) is 11.0. The highest BCUT2D eigenvalue weighted by Gasteiger charge is 2.16. The number of hydrogen-bond acceptors (Lipinski definition) is 2. The first-order valence-corrected chi connectivity index (χ1v) is 8.49. The van der Waals surface area contributed by atoms with E-state index >= 15 is 0 Å². The molecule has 3 aromatic rings. The molecule has 0 atom stereocenters. The Morgan fingerprint density at radius 2 is 1.87 bits per heavy atom. The van der Waals surface area contributed by atoms with Crippen LogP contribution in [0.1, 0.15) is 32.2 Å². The maximum atomic E-state index is 12.6. The molecule has 0 radical (unpaired) electrons. The number of nitrogens with one attached hydrogen (secondary N) is 1. The Balaban J connectivity index is 1.82. The van der Waals surface area contributed by atoms with Gasteiger partial charge in [0.1, 0.15) is 0 Å². The molecule has 2 heterocycles. The van der Waals surface area contributed by atoms with E-state index in [0.717, 1.165) is 29.2 Å². The fourth-order valence-electron chi connectivity index (χ4n) is 2.67. The minimum atomic E-state index is -0.0561. The molecule has 1 N–H and O–H groups in total. The largest absolute Gasteiger partial charge is 0.343 e. The van der Waals surface area contributed by atoms with E-state index in [1.165, 1.54) is 10.4 Å². The standard InChI is InChI=1S/C19H20N2OS/c1-13-6-8-16(9-7-13)20-19(22)18-11-14(2)21(15(18)3)12-17-5-4-10-23-17/h4-11H,12H2,1-3H3,(H,20,22). The smallest absolute Gasteiger partial charge is 0.257 e. The minimum Gasteiger partial charge on any atom is -0.343 e. The zero-order valence-electron chi connectivity index (χ0n) is 13.6. The lowest BCUT2D eigenvalue weighted by molar-refractivity contribution is 0.102. The monoisotopic (exact) mass is 324 g/mol. The fraction of sp³-hybridized carbons (Fsp3) is 0.211. The van der Waals surface area contributed by atoms with Crippen molar-refractivity contribution in [3.8, 4) is 0 Å². The first kappa shape index (κ1) is 15.6. The summed E-state index contributed by atoms with van der Waals surface area (Å²) in [5.74, 6) is -0.0561. The number of aryl methyl sites for hydroxylation is 2. The third-order valence-electron chi connectivity index (χ3n) is 4.02. The second-order valence-electron chi connectivity index (χ2n) is 5.77. The van der Waals surface area contributed by atoms with E-state index in [9.17, 15) is 4.79 Å². The van der Waals surface area contributed by atoms with Crippen molar-refractivity contribution in [2.24, 2.45) is 0 Å². The quantitative estimate of drug-likeness (QED) is 0.736. The number of hydrogen-bond donors (Lipinski definition) is 1. The summed E-state index contributed by atoms with van der Waals surface area (Å²) in [7, 11) is 0. The average molecular weight is 324 g/mol. The molecule has 3 rings (SSSR count). The number of anilines is 1. The Morgan fingerprint density at radius 3 is 2.52 bits per heavy atom. The van der Waals surface area contributed by atoms with E-state index in [1.54, 1.807) is 11.3 Å². The summed E-state index contributed by atoms with van der Waals surface area (Å²) in [6, 6.07) is 14.0. The van der Waals surface area contributed by atoms with Crippen LogP contribution in [0.4, 0.5) is 5.69 Å². The van der Waals surface area contributed by atoms with E-state index in [4.69, 9.17) is 0 Å². The summed E-state index contributed by atoms with van der Waals surface area (Å²) in [6.45, 7) is 6.89. The Hall–Kier alpha value is -2.33. The van der Waals surface area contributed by atoms with Crippen molar-refractivity contribution in [1.29, 1.82) is 0 Å². The summed E-state index contributed by atoms with van der Waals surface area (Å²) >= 11 is 1.74. The van der Waals surface area contributed by atoms with Crippen LogP contribution in [0.3, 0.4) is 0 Å². The van der Waals surface area contributed by atoms with Gasteiger partial charge in [0.05, 0.1) is 12.1 Å². The molecule has 0 saturated carbocycles. The number of thiophene rings is 1. The van der Waals surface area contributed by atoms with Crippen LogP contribution in [0, 0.1) is 20.8 Å². The molecule has 0 saturated heterocycles. The lowest BCUT2D eigenvalue weighted by Gasteiger charge is -2.09. The summed E-state index contributed by atoms with van der Waals surface area (Å²) in [6.07, 6.45) is 0. The second-order valence-corrected chi connectivity index (χ2v) is 6.80. The van der Waals surface area contributed by atoms with Gasteiger partial charge in [-0.1, -0.05) is 23.8 Å². The van der Waals surface area contributed by atoms with Gasteiger partial charge in [-0.15, -0.1) is 11.3 Å². The number of benzene rings is 1. The van der Waals surface area contributed by atoms with Crippen molar-refractivity contribution < 1.29 is 4.79 Å². The van der Waals surface area contributed by atoms with Crippen LogP contribution in [0.15, 0.2) is 47.8 Å².